The van der Waals surface area contributed by atoms with Crippen molar-refractivity contribution in [3.05, 3.63) is 51.6 Å². The molecule has 0 unspecified atom stereocenters. The lowest BCUT2D eigenvalue weighted by molar-refractivity contribution is 0.102. The molecule has 0 saturated carbocycles. The number of H-pyrrole nitrogens is 1. The van der Waals surface area contributed by atoms with Gasteiger partial charge in [0.2, 0.25) is 0 Å². The Kier molecular flexibility index (Phi) is 3.23. The van der Waals surface area contributed by atoms with E-state index in [0.29, 0.717) is 15.0 Å². The summed E-state index contributed by atoms with van der Waals surface area (Å²) in [5, 5.41) is 2.70. The van der Waals surface area contributed by atoms with E-state index in [4.69, 9.17) is 0 Å². The predicted octanol–water partition coefficient (Wildman–Crippen LogP) is 3.01. The summed E-state index contributed by atoms with van der Waals surface area (Å²) in [6.45, 7) is 0. The fraction of sp³-hybridized carbons (Fsp3) is 0. The SMILES string of the molecule is O=C(Nc1ccc(F)cc1I)c1ccc[nH]1. The molecule has 0 atom stereocenters. The number of carbonyl (C=O) groups excluding carboxylic acids is 1. The van der Waals surface area contributed by atoms with Crippen LogP contribution in [0.15, 0.2) is 36.5 Å². The van der Waals surface area contributed by atoms with Crippen LogP contribution in [0.5, 0.6) is 0 Å². The Morgan fingerprint density at radius 2 is 2.19 bits per heavy atom. The fourth-order valence-corrected chi connectivity index (χ4v) is 1.86. The minimum Gasteiger partial charge on any atom is -0.357 e. The third-order valence-corrected chi connectivity index (χ3v) is 2.91. The Morgan fingerprint density at radius 3 is 2.81 bits per heavy atom. The highest BCUT2D eigenvalue weighted by atomic mass is 127. The number of halogens is 2. The molecule has 1 aromatic heterocycles. The zero-order chi connectivity index (χ0) is 11.5. The molecule has 0 aliphatic rings. The molecule has 0 aliphatic heterocycles. The van der Waals surface area contributed by atoms with Crippen LogP contribution in [-0.4, -0.2) is 10.9 Å². The average molecular weight is 330 g/mol. The standard InChI is InChI=1S/C11H8FIN2O/c12-7-3-4-9(8(13)6-7)15-11(16)10-2-1-5-14-10/h1-6,14H,(H,15,16). The maximum absolute atomic E-state index is 12.8. The van der Waals surface area contributed by atoms with Crippen molar-refractivity contribution >= 4 is 34.2 Å². The molecule has 0 bridgehead atoms. The number of hydrogen-bond acceptors (Lipinski definition) is 1. The van der Waals surface area contributed by atoms with E-state index in [0.717, 1.165) is 0 Å². The summed E-state index contributed by atoms with van der Waals surface area (Å²) in [7, 11) is 0. The first-order valence-electron chi connectivity index (χ1n) is 4.56. The molecule has 3 nitrogen and oxygen atoms in total. The molecule has 1 heterocycles. The largest absolute Gasteiger partial charge is 0.357 e. The van der Waals surface area contributed by atoms with E-state index >= 15 is 0 Å². The summed E-state index contributed by atoms with van der Waals surface area (Å²) in [5.41, 5.74) is 1.07. The van der Waals surface area contributed by atoms with Crippen molar-refractivity contribution in [2.75, 3.05) is 5.32 Å². The van der Waals surface area contributed by atoms with Gasteiger partial charge in [-0.3, -0.25) is 4.79 Å². The van der Waals surface area contributed by atoms with Crippen molar-refractivity contribution in [2.24, 2.45) is 0 Å². The van der Waals surface area contributed by atoms with Crippen LogP contribution in [0.25, 0.3) is 0 Å². The van der Waals surface area contributed by atoms with Crippen molar-refractivity contribution in [2.45, 2.75) is 0 Å². The number of rotatable bonds is 2. The number of aromatic amines is 1. The van der Waals surface area contributed by atoms with Crippen LogP contribution in [0.4, 0.5) is 10.1 Å². The number of carbonyl (C=O) groups is 1. The van der Waals surface area contributed by atoms with Crippen molar-refractivity contribution in [3.63, 3.8) is 0 Å². The second kappa shape index (κ2) is 4.65. The highest BCUT2D eigenvalue weighted by Gasteiger charge is 2.08. The van der Waals surface area contributed by atoms with Crippen LogP contribution in [-0.2, 0) is 0 Å². The Labute approximate surface area is 105 Å². The van der Waals surface area contributed by atoms with E-state index in [-0.39, 0.29) is 11.7 Å². The lowest BCUT2D eigenvalue weighted by Crippen LogP contribution is -2.13. The number of amides is 1. The zero-order valence-corrected chi connectivity index (χ0v) is 10.3. The van der Waals surface area contributed by atoms with E-state index < -0.39 is 0 Å². The minimum atomic E-state index is -0.317. The molecular weight excluding hydrogens is 322 g/mol. The molecule has 2 rings (SSSR count). The van der Waals surface area contributed by atoms with Gasteiger partial charge in [-0.1, -0.05) is 0 Å². The molecule has 0 saturated heterocycles. The Morgan fingerprint density at radius 1 is 1.38 bits per heavy atom. The highest BCUT2D eigenvalue weighted by Crippen LogP contribution is 2.19. The Hall–Kier alpha value is -1.37. The molecule has 0 spiro atoms. The summed E-state index contributed by atoms with van der Waals surface area (Å²) in [5.74, 6) is -0.559. The average Bonchev–Trinajstić information content (AvgIpc) is 2.75. The zero-order valence-electron chi connectivity index (χ0n) is 8.13. The molecule has 5 heteroatoms. The van der Waals surface area contributed by atoms with E-state index in [1.807, 2.05) is 22.6 Å². The molecule has 2 N–H and O–H groups in total. The van der Waals surface area contributed by atoms with Gasteiger partial charge in [-0.25, -0.2) is 4.39 Å². The van der Waals surface area contributed by atoms with Gasteiger partial charge in [0, 0.05) is 9.77 Å². The summed E-state index contributed by atoms with van der Waals surface area (Å²) in [6, 6.07) is 7.63. The lowest BCUT2D eigenvalue weighted by atomic mass is 10.3. The fourth-order valence-electron chi connectivity index (χ4n) is 1.25. The summed E-state index contributed by atoms with van der Waals surface area (Å²) < 4.78 is 13.5. The number of hydrogen-bond donors (Lipinski definition) is 2. The van der Waals surface area contributed by atoms with Crippen molar-refractivity contribution in [1.82, 2.24) is 4.98 Å². The lowest BCUT2D eigenvalue weighted by Gasteiger charge is -2.06. The Balaban J connectivity index is 2.18. The number of benzene rings is 1. The van der Waals surface area contributed by atoms with Gasteiger partial charge in [0.05, 0.1) is 5.69 Å². The molecule has 0 radical (unpaired) electrons. The quantitative estimate of drug-likeness (QED) is 0.817. The van der Waals surface area contributed by atoms with E-state index in [1.165, 1.54) is 18.2 Å². The number of aromatic nitrogens is 1. The maximum Gasteiger partial charge on any atom is 0.272 e. The number of nitrogens with one attached hydrogen (secondary N) is 2. The van der Waals surface area contributed by atoms with Crippen LogP contribution >= 0.6 is 22.6 Å². The molecule has 1 amide bonds. The molecule has 2 aromatic rings. The van der Waals surface area contributed by atoms with Crippen LogP contribution < -0.4 is 5.32 Å². The van der Waals surface area contributed by atoms with Crippen LogP contribution in [0.1, 0.15) is 10.5 Å². The van der Waals surface area contributed by atoms with E-state index in [2.05, 4.69) is 10.3 Å². The first kappa shape index (κ1) is 11.1. The first-order valence-corrected chi connectivity index (χ1v) is 5.64. The monoisotopic (exact) mass is 330 g/mol. The van der Waals surface area contributed by atoms with Gasteiger partial charge in [0.25, 0.3) is 5.91 Å². The highest BCUT2D eigenvalue weighted by molar-refractivity contribution is 14.1. The minimum absolute atomic E-state index is 0.241. The summed E-state index contributed by atoms with van der Waals surface area (Å²) in [4.78, 5) is 14.5. The van der Waals surface area contributed by atoms with Gasteiger partial charge in [-0.05, 0) is 52.9 Å². The molecular formula is C11H8FIN2O. The maximum atomic E-state index is 12.8. The second-order valence-electron chi connectivity index (χ2n) is 3.16. The number of anilines is 1. The third-order valence-electron chi connectivity index (χ3n) is 2.02. The smallest absolute Gasteiger partial charge is 0.272 e. The molecule has 16 heavy (non-hydrogen) atoms. The molecule has 0 aliphatic carbocycles. The van der Waals surface area contributed by atoms with Crippen molar-refractivity contribution in [1.29, 1.82) is 0 Å². The van der Waals surface area contributed by atoms with Crippen LogP contribution in [0.3, 0.4) is 0 Å². The summed E-state index contributed by atoms with van der Waals surface area (Å²) >= 11 is 1.97. The topological polar surface area (TPSA) is 44.9 Å². The normalized spacial score (nSPS) is 10.1. The summed E-state index contributed by atoms with van der Waals surface area (Å²) in [6.07, 6.45) is 1.67. The van der Waals surface area contributed by atoms with Crippen LogP contribution in [0.2, 0.25) is 0 Å². The van der Waals surface area contributed by atoms with Gasteiger partial charge < -0.3 is 10.3 Å². The van der Waals surface area contributed by atoms with Gasteiger partial charge in [-0.2, -0.15) is 0 Å². The van der Waals surface area contributed by atoms with E-state index in [9.17, 15) is 9.18 Å². The van der Waals surface area contributed by atoms with Gasteiger partial charge >= 0.3 is 0 Å². The van der Waals surface area contributed by atoms with Gasteiger partial charge in [0.15, 0.2) is 0 Å². The van der Waals surface area contributed by atoms with Gasteiger partial charge in [0.1, 0.15) is 11.5 Å². The second-order valence-corrected chi connectivity index (χ2v) is 4.32. The molecule has 0 fully saturated rings. The van der Waals surface area contributed by atoms with Crippen molar-refractivity contribution in [3.8, 4) is 0 Å². The predicted molar refractivity (Wildman–Crippen MR) is 67.9 cm³/mol. The Bertz CT molecular complexity index is 511. The third kappa shape index (κ3) is 2.41. The molecule has 82 valence electrons. The van der Waals surface area contributed by atoms with Gasteiger partial charge in [-0.15, -0.1) is 0 Å². The molecule has 1 aromatic carbocycles. The van der Waals surface area contributed by atoms with E-state index in [1.54, 1.807) is 18.3 Å². The first-order chi connectivity index (χ1) is 7.66. The van der Waals surface area contributed by atoms with Crippen LogP contribution in [0, 0.1) is 9.39 Å². The van der Waals surface area contributed by atoms with Crippen molar-refractivity contribution < 1.29 is 9.18 Å².